The summed E-state index contributed by atoms with van der Waals surface area (Å²) >= 11 is 0. The first-order valence-electron chi connectivity index (χ1n) is 22.1. The Bertz CT molecular complexity index is 708. The van der Waals surface area contributed by atoms with Gasteiger partial charge in [0.2, 0.25) is 0 Å². The molecule has 0 aromatic carbocycles. The van der Waals surface area contributed by atoms with Crippen LogP contribution in [0.25, 0.3) is 0 Å². The smallest absolute Gasteiger partial charge is 0.306 e. The van der Waals surface area contributed by atoms with Crippen molar-refractivity contribution in [3.63, 3.8) is 0 Å². The number of rotatable bonds is 41. The Balaban J connectivity index is 3.81. The molecule has 0 aliphatic heterocycles. The highest BCUT2D eigenvalue weighted by atomic mass is 16.5. The average molecular weight is 724 g/mol. The predicted octanol–water partition coefficient (Wildman–Crippen LogP) is 12.5. The summed E-state index contributed by atoms with van der Waals surface area (Å²) in [7, 11) is 1.38. The summed E-state index contributed by atoms with van der Waals surface area (Å²) < 4.78 is 15.8. The molecule has 0 aliphatic carbocycles. The van der Waals surface area contributed by atoms with Crippen LogP contribution in [0.5, 0.6) is 0 Å². The van der Waals surface area contributed by atoms with E-state index in [1.54, 1.807) is 0 Å². The fraction of sp³-hybridized carbons (Fsp3) is 0.932. The van der Waals surface area contributed by atoms with Crippen LogP contribution in [0, 0.1) is 0 Å². The Morgan fingerprint density at radius 2 is 0.627 bits per heavy atom. The van der Waals surface area contributed by atoms with Crippen molar-refractivity contribution in [3.8, 4) is 0 Å². The molecule has 0 atom stereocenters. The lowest BCUT2D eigenvalue weighted by molar-refractivity contribution is -0.146. The molecule has 7 nitrogen and oxygen atoms in total. The summed E-state index contributed by atoms with van der Waals surface area (Å²) in [5.41, 5.74) is 0. The number of nitrogens with zero attached hydrogens (tertiary/aromatic N) is 1. The van der Waals surface area contributed by atoms with Crippen molar-refractivity contribution in [2.45, 2.75) is 226 Å². The number of ether oxygens (including phenoxy) is 3. The normalized spacial score (nSPS) is 11.3. The largest absolute Gasteiger partial charge is 0.469 e. The first-order valence-corrected chi connectivity index (χ1v) is 22.1. The molecule has 0 heterocycles. The van der Waals surface area contributed by atoms with Crippen LogP contribution in [0.2, 0.25) is 0 Å². The third kappa shape index (κ3) is 39.4. The molecular formula is C44H85NO6. The Kier molecular flexibility index (Phi) is 39.8. The van der Waals surface area contributed by atoms with Gasteiger partial charge < -0.3 is 14.2 Å². The predicted molar refractivity (Wildman–Crippen MR) is 214 cm³/mol. The van der Waals surface area contributed by atoms with E-state index in [4.69, 9.17) is 14.2 Å². The molecule has 0 fully saturated rings. The summed E-state index contributed by atoms with van der Waals surface area (Å²) in [6.07, 6.45) is 40.2. The zero-order valence-electron chi connectivity index (χ0n) is 34.3. The molecule has 0 aromatic rings. The minimum atomic E-state index is -0.282. The third-order valence-corrected chi connectivity index (χ3v) is 10.2. The molecule has 0 radical (unpaired) electrons. The molecule has 0 saturated heterocycles. The Labute approximate surface area is 316 Å². The monoisotopic (exact) mass is 724 g/mol. The van der Waals surface area contributed by atoms with Crippen LogP contribution in [0.4, 0.5) is 0 Å². The van der Waals surface area contributed by atoms with Crippen molar-refractivity contribution in [1.29, 1.82) is 0 Å². The SMILES string of the molecule is CCCCCCCCCCCCCCCCCC(=O)OCCN(CCOC(=O)CCCCCCCCCCCCCCCCC)CCC(=O)OC. The number of carbonyl (C=O) groups excluding carboxylic acids is 3. The summed E-state index contributed by atoms with van der Waals surface area (Å²) in [6, 6.07) is 0. The van der Waals surface area contributed by atoms with E-state index in [1.165, 1.54) is 174 Å². The van der Waals surface area contributed by atoms with E-state index in [0.717, 1.165) is 25.7 Å². The van der Waals surface area contributed by atoms with Gasteiger partial charge in [-0.25, -0.2) is 0 Å². The molecule has 0 spiro atoms. The topological polar surface area (TPSA) is 82.1 Å². The zero-order chi connectivity index (χ0) is 37.3. The lowest BCUT2D eigenvalue weighted by Gasteiger charge is -2.21. The molecular weight excluding hydrogens is 638 g/mol. The second kappa shape index (κ2) is 41.1. The van der Waals surface area contributed by atoms with Gasteiger partial charge in [0.25, 0.3) is 0 Å². The van der Waals surface area contributed by atoms with Gasteiger partial charge in [-0.1, -0.05) is 194 Å². The van der Waals surface area contributed by atoms with Gasteiger partial charge in [-0.15, -0.1) is 0 Å². The maximum absolute atomic E-state index is 12.3. The Morgan fingerprint density at radius 1 is 0.353 bits per heavy atom. The lowest BCUT2D eigenvalue weighted by atomic mass is 10.0. The fourth-order valence-corrected chi connectivity index (χ4v) is 6.69. The summed E-state index contributed by atoms with van der Waals surface area (Å²) in [4.78, 5) is 38.2. The van der Waals surface area contributed by atoms with Crippen molar-refractivity contribution >= 4 is 17.9 Å². The lowest BCUT2D eigenvalue weighted by Crippen LogP contribution is -2.34. The van der Waals surface area contributed by atoms with E-state index in [2.05, 4.69) is 13.8 Å². The van der Waals surface area contributed by atoms with Crippen molar-refractivity contribution in [2.75, 3.05) is 40.0 Å². The number of hydrogen-bond donors (Lipinski definition) is 0. The number of hydrogen-bond acceptors (Lipinski definition) is 7. The Morgan fingerprint density at radius 3 is 0.902 bits per heavy atom. The first kappa shape index (κ1) is 49.4. The molecule has 7 heteroatoms. The minimum Gasteiger partial charge on any atom is -0.469 e. The van der Waals surface area contributed by atoms with E-state index in [9.17, 15) is 14.4 Å². The third-order valence-electron chi connectivity index (χ3n) is 10.2. The van der Waals surface area contributed by atoms with Crippen molar-refractivity contribution in [3.05, 3.63) is 0 Å². The van der Waals surface area contributed by atoms with E-state index in [1.807, 2.05) is 4.90 Å². The molecule has 0 saturated carbocycles. The maximum atomic E-state index is 12.3. The van der Waals surface area contributed by atoms with Crippen LogP contribution in [-0.2, 0) is 28.6 Å². The molecule has 0 amide bonds. The van der Waals surface area contributed by atoms with E-state index < -0.39 is 0 Å². The molecule has 0 rings (SSSR count). The molecule has 0 N–H and O–H groups in total. The van der Waals surface area contributed by atoms with Gasteiger partial charge >= 0.3 is 17.9 Å². The maximum Gasteiger partial charge on any atom is 0.306 e. The van der Waals surface area contributed by atoms with Gasteiger partial charge in [-0.2, -0.15) is 0 Å². The Hall–Kier alpha value is -1.63. The zero-order valence-corrected chi connectivity index (χ0v) is 34.3. The van der Waals surface area contributed by atoms with Crippen LogP contribution in [0.15, 0.2) is 0 Å². The highest BCUT2D eigenvalue weighted by Crippen LogP contribution is 2.15. The van der Waals surface area contributed by atoms with Crippen molar-refractivity contribution in [2.24, 2.45) is 0 Å². The quantitative estimate of drug-likeness (QED) is 0.0353. The van der Waals surface area contributed by atoms with Gasteiger partial charge in [0.05, 0.1) is 13.5 Å². The molecule has 0 unspecified atom stereocenters. The van der Waals surface area contributed by atoms with E-state index in [-0.39, 0.29) is 37.5 Å². The van der Waals surface area contributed by atoms with Gasteiger partial charge in [0.15, 0.2) is 0 Å². The molecule has 0 aromatic heterocycles. The number of carbonyl (C=O) groups is 3. The average Bonchev–Trinajstić information content (AvgIpc) is 3.13. The molecule has 0 bridgehead atoms. The van der Waals surface area contributed by atoms with Gasteiger partial charge in [-0.3, -0.25) is 19.3 Å². The fourth-order valence-electron chi connectivity index (χ4n) is 6.69. The number of unbranched alkanes of at least 4 members (excludes halogenated alkanes) is 28. The summed E-state index contributed by atoms with van der Waals surface area (Å²) in [5, 5.41) is 0. The molecule has 302 valence electrons. The van der Waals surface area contributed by atoms with Gasteiger partial charge in [-0.05, 0) is 12.8 Å². The van der Waals surface area contributed by atoms with Gasteiger partial charge in [0.1, 0.15) is 13.2 Å². The number of methoxy groups -OCH3 is 1. The van der Waals surface area contributed by atoms with Crippen LogP contribution in [-0.4, -0.2) is 62.8 Å². The van der Waals surface area contributed by atoms with Crippen molar-refractivity contribution < 1.29 is 28.6 Å². The molecule has 51 heavy (non-hydrogen) atoms. The summed E-state index contributed by atoms with van der Waals surface area (Å²) in [6.45, 7) is 6.55. The second-order valence-corrected chi connectivity index (χ2v) is 15.0. The van der Waals surface area contributed by atoms with Gasteiger partial charge in [0, 0.05) is 32.5 Å². The highest BCUT2D eigenvalue weighted by Gasteiger charge is 2.12. The van der Waals surface area contributed by atoms with E-state index in [0.29, 0.717) is 32.5 Å². The summed E-state index contributed by atoms with van der Waals surface area (Å²) in [5.74, 6) is -0.601. The number of esters is 3. The van der Waals surface area contributed by atoms with E-state index >= 15 is 0 Å². The van der Waals surface area contributed by atoms with Crippen LogP contribution < -0.4 is 0 Å². The standard InChI is InChI=1S/C44H85NO6/c1-4-6-8-10-12-14-16-18-20-22-24-26-28-30-32-34-43(47)50-40-38-45(37-36-42(46)49-3)39-41-51-44(48)35-33-31-29-27-25-23-21-19-17-15-13-11-9-7-5-2/h4-41H2,1-3H3. The minimum absolute atomic E-state index is 0.160. The highest BCUT2D eigenvalue weighted by molar-refractivity contribution is 5.70. The van der Waals surface area contributed by atoms with Crippen LogP contribution >= 0.6 is 0 Å². The second-order valence-electron chi connectivity index (χ2n) is 15.0. The van der Waals surface area contributed by atoms with Crippen LogP contribution in [0.1, 0.15) is 226 Å². The van der Waals surface area contributed by atoms with Crippen LogP contribution in [0.3, 0.4) is 0 Å². The first-order chi connectivity index (χ1) is 25.0. The van der Waals surface area contributed by atoms with Crippen molar-refractivity contribution in [1.82, 2.24) is 4.90 Å². The molecule has 0 aliphatic rings.